The lowest BCUT2D eigenvalue weighted by Gasteiger charge is -2.04. The van der Waals surface area contributed by atoms with Crippen LogP contribution in [-0.4, -0.2) is 10.2 Å². The number of rotatable bonds is 2. The van der Waals surface area contributed by atoms with Crippen LogP contribution in [0.25, 0.3) is 0 Å². The van der Waals surface area contributed by atoms with Gasteiger partial charge < -0.3 is 5.43 Å². The third-order valence-corrected chi connectivity index (χ3v) is 2.33. The monoisotopic (exact) mass is 228 g/mol. The van der Waals surface area contributed by atoms with Crippen LogP contribution in [0, 0.1) is 0 Å². The molecule has 2 rings (SSSR count). The van der Waals surface area contributed by atoms with Crippen molar-refractivity contribution in [2.75, 3.05) is 5.43 Å². The van der Waals surface area contributed by atoms with Gasteiger partial charge in [-0.25, -0.2) is 5.84 Å². The third kappa shape index (κ3) is 1.42. The highest BCUT2D eigenvalue weighted by Crippen LogP contribution is 2.42. The lowest BCUT2D eigenvalue weighted by molar-refractivity contribution is 0.952. The van der Waals surface area contributed by atoms with Crippen molar-refractivity contribution in [3.05, 3.63) is 16.2 Å². The van der Waals surface area contributed by atoms with E-state index in [1.807, 2.05) is 6.07 Å². The van der Waals surface area contributed by atoms with Crippen molar-refractivity contribution >= 4 is 21.7 Å². The predicted octanol–water partition coefficient (Wildman–Crippen LogP) is 1.40. The normalized spacial score (nSPS) is 16.2. The van der Waals surface area contributed by atoms with Crippen LogP contribution in [0.3, 0.4) is 0 Å². The van der Waals surface area contributed by atoms with Gasteiger partial charge in [0, 0.05) is 5.56 Å². The molecule has 5 heteroatoms. The molecule has 64 valence electrons. The van der Waals surface area contributed by atoms with Crippen LogP contribution in [-0.2, 0) is 0 Å². The topological polar surface area (TPSA) is 63.8 Å². The van der Waals surface area contributed by atoms with Crippen molar-refractivity contribution in [3.8, 4) is 0 Å². The molecular weight excluding hydrogens is 220 g/mol. The summed E-state index contributed by atoms with van der Waals surface area (Å²) in [7, 11) is 0. The summed E-state index contributed by atoms with van der Waals surface area (Å²) in [6.07, 6.45) is 2.46. The summed E-state index contributed by atoms with van der Waals surface area (Å²) in [5.74, 6) is 6.62. The summed E-state index contributed by atoms with van der Waals surface area (Å²) in [5.41, 5.74) is 3.72. The molecule has 0 aromatic carbocycles. The quantitative estimate of drug-likeness (QED) is 0.594. The number of nitrogen functional groups attached to an aromatic ring is 1. The summed E-state index contributed by atoms with van der Waals surface area (Å²) in [6.45, 7) is 0. The Labute approximate surface area is 78.7 Å². The summed E-state index contributed by atoms with van der Waals surface area (Å²) in [5, 5.41) is 7.77. The zero-order valence-corrected chi connectivity index (χ0v) is 8.00. The molecule has 1 aromatic rings. The fraction of sp³-hybridized carbons (Fsp3) is 0.429. The molecule has 3 N–H and O–H groups in total. The van der Waals surface area contributed by atoms with E-state index in [2.05, 4.69) is 31.6 Å². The van der Waals surface area contributed by atoms with E-state index < -0.39 is 0 Å². The fourth-order valence-electron chi connectivity index (χ4n) is 1.20. The first kappa shape index (κ1) is 7.94. The van der Waals surface area contributed by atoms with E-state index in [0.29, 0.717) is 11.7 Å². The van der Waals surface area contributed by atoms with Crippen LogP contribution < -0.4 is 11.3 Å². The third-order valence-electron chi connectivity index (χ3n) is 1.95. The maximum atomic E-state index is 5.30. The molecule has 0 aliphatic heterocycles. The van der Waals surface area contributed by atoms with Crippen LogP contribution in [0.15, 0.2) is 10.7 Å². The number of nitrogens with two attached hydrogens (primary N) is 1. The van der Waals surface area contributed by atoms with Gasteiger partial charge in [-0.3, -0.25) is 0 Å². The molecular formula is C7H9BrN4. The second-order valence-corrected chi connectivity index (χ2v) is 3.70. The standard InChI is InChI=1S/C7H9BrN4/c8-6-3-5(4-1-2-4)7(10-9)12-11-6/h3-4H,1-2,9H2,(H,10,12). The SMILES string of the molecule is NNc1nnc(Br)cc1C1CC1. The molecule has 1 saturated carbocycles. The zero-order valence-electron chi connectivity index (χ0n) is 6.42. The number of hydrogen-bond donors (Lipinski definition) is 2. The Morgan fingerprint density at radius 3 is 2.83 bits per heavy atom. The molecule has 0 saturated heterocycles. The molecule has 1 aliphatic rings. The minimum atomic E-state index is 0.628. The van der Waals surface area contributed by atoms with Crippen molar-refractivity contribution < 1.29 is 0 Å². The van der Waals surface area contributed by atoms with E-state index in [1.54, 1.807) is 0 Å². The Bertz CT molecular complexity index is 297. The maximum absolute atomic E-state index is 5.30. The summed E-state index contributed by atoms with van der Waals surface area (Å²) in [6, 6.07) is 1.97. The van der Waals surface area contributed by atoms with Gasteiger partial charge in [0.25, 0.3) is 0 Å². The predicted molar refractivity (Wildman–Crippen MR) is 49.5 cm³/mol. The average molecular weight is 229 g/mol. The van der Waals surface area contributed by atoms with Gasteiger partial charge in [0.1, 0.15) is 4.60 Å². The number of aromatic nitrogens is 2. The van der Waals surface area contributed by atoms with Crippen molar-refractivity contribution in [2.24, 2.45) is 5.84 Å². The molecule has 0 bridgehead atoms. The Hall–Kier alpha value is -0.680. The Morgan fingerprint density at radius 2 is 2.25 bits per heavy atom. The Morgan fingerprint density at radius 1 is 1.50 bits per heavy atom. The smallest absolute Gasteiger partial charge is 0.166 e. The highest BCUT2D eigenvalue weighted by atomic mass is 79.9. The van der Waals surface area contributed by atoms with Crippen molar-refractivity contribution in [1.82, 2.24) is 10.2 Å². The minimum absolute atomic E-state index is 0.628. The molecule has 0 spiro atoms. The summed E-state index contributed by atoms with van der Waals surface area (Å²) < 4.78 is 0.767. The second kappa shape index (κ2) is 2.99. The van der Waals surface area contributed by atoms with Gasteiger partial charge in [-0.05, 0) is 40.8 Å². The van der Waals surface area contributed by atoms with Gasteiger partial charge in [0.15, 0.2) is 5.82 Å². The molecule has 1 aromatic heterocycles. The van der Waals surface area contributed by atoms with Gasteiger partial charge in [0.2, 0.25) is 0 Å². The molecule has 12 heavy (non-hydrogen) atoms. The Kier molecular flexibility index (Phi) is 1.98. The molecule has 0 unspecified atom stereocenters. The van der Waals surface area contributed by atoms with Crippen molar-refractivity contribution in [2.45, 2.75) is 18.8 Å². The number of hydrazine groups is 1. The summed E-state index contributed by atoms with van der Waals surface area (Å²) >= 11 is 3.28. The van der Waals surface area contributed by atoms with Crippen LogP contribution in [0.5, 0.6) is 0 Å². The molecule has 1 aliphatic carbocycles. The number of hydrogen-bond acceptors (Lipinski definition) is 4. The average Bonchev–Trinajstić information content (AvgIpc) is 2.87. The van der Waals surface area contributed by atoms with Crippen LogP contribution in [0.4, 0.5) is 5.82 Å². The van der Waals surface area contributed by atoms with Gasteiger partial charge in [-0.15, -0.1) is 10.2 Å². The molecule has 1 fully saturated rings. The summed E-state index contributed by atoms with van der Waals surface area (Å²) in [4.78, 5) is 0. The maximum Gasteiger partial charge on any atom is 0.166 e. The number of nitrogens with one attached hydrogen (secondary N) is 1. The first-order chi connectivity index (χ1) is 5.81. The molecule has 0 amide bonds. The van der Waals surface area contributed by atoms with Crippen LogP contribution in [0.1, 0.15) is 24.3 Å². The van der Waals surface area contributed by atoms with E-state index in [4.69, 9.17) is 5.84 Å². The van der Waals surface area contributed by atoms with Crippen LogP contribution >= 0.6 is 15.9 Å². The molecule has 0 radical (unpaired) electrons. The van der Waals surface area contributed by atoms with Gasteiger partial charge in [-0.2, -0.15) is 0 Å². The Balaban J connectivity index is 2.39. The van der Waals surface area contributed by atoms with Gasteiger partial charge >= 0.3 is 0 Å². The van der Waals surface area contributed by atoms with E-state index in [-0.39, 0.29) is 0 Å². The first-order valence-corrected chi connectivity index (χ1v) is 4.60. The largest absolute Gasteiger partial charge is 0.307 e. The number of halogens is 1. The zero-order chi connectivity index (χ0) is 8.55. The van der Waals surface area contributed by atoms with E-state index in [9.17, 15) is 0 Å². The molecule has 1 heterocycles. The van der Waals surface area contributed by atoms with Crippen LogP contribution in [0.2, 0.25) is 0 Å². The molecule has 0 atom stereocenters. The number of anilines is 1. The fourth-order valence-corrected chi connectivity index (χ4v) is 1.52. The number of nitrogens with zero attached hydrogens (tertiary/aromatic N) is 2. The minimum Gasteiger partial charge on any atom is -0.307 e. The van der Waals surface area contributed by atoms with E-state index in [0.717, 1.165) is 4.60 Å². The van der Waals surface area contributed by atoms with Crippen molar-refractivity contribution in [1.29, 1.82) is 0 Å². The lowest BCUT2D eigenvalue weighted by Crippen LogP contribution is -2.11. The van der Waals surface area contributed by atoms with Gasteiger partial charge in [-0.1, -0.05) is 0 Å². The second-order valence-electron chi connectivity index (χ2n) is 2.89. The van der Waals surface area contributed by atoms with E-state index >= 15 is 0 Å². The highest BCUT2D eigenvalue weighted by Gasteiger charge is 2.27. The van der Waals surface area contributed by atoms with E-state index in [1.165, 1.54) is 18.4 Å². The lowest BCUT2D eigenvalue weighted by atomic mass is 10.2. The highest BCUT2D eigenvalue weighted by molar-refractivity contribution is 9.10. The van der Waals surface area contributed by atoms with Crippen molar-refractivity contribution in [3.63, 3.8) is 0 Å². The van der Waals surface area contributed by atoms with Gasteiger partial charge in [0.05, 0.1) is 0 Å². The molecule has 4 nitrogen and oxygen atoms in total. The first-order valence-electron chi connectivity index (χ1n) is 3.81.